The molecule has 0 spiro atoms. The molecule has 1 aromatic heterocycles. The van der Waals surface area contributed by atoms with E-state index < -0.39 is 6.09 Å². The highest BCUT2D eigenvalue weighted by Crippen LogP contribution is 2.29. The molecule has 2 amide bonds. The SMILES string of the molecule is COC(=O)Nc1nc2c(s1)CN(C(=O)COc1ccc(Cl)cc1Cl)CC2. The van der Waals surface area contributed by atoms with E-state index in [-0.39, 0.29) is 12.5 Å². The number of thiazole rings is 1. The van der Waals surface area contributed by atoms with Crippen molar-refractivity contribution in [2.45, 2.75) is 13.0 Å². The normalized spacial score (nSPS) is 13.1. The second kappa shape index (κ2) is 8.11. The van der Waals surface area contributed by atoms with E-state index in [1.165, 1.54) is 18.4 Å². The Balaban J connectivity index is 1.59. The summed E-state index contributed by atoms with van der Waals surface area (Å²) in [6, 6.07) is 4.83. The van der Waals surface area contributed by atoms with Gasteiger partial charge in [0.15, 0.2) is 11.7 Å². The number of rotatable bonds is 4. The topological polar surface area (TPSA) is 80.8 Å². The highest BCUT2D eigenvalue weighted by atomic mass is 35.5. The van der Waals surface area contributed by atoms with Gasteiger partial charge in [0.1, 0.15) is 5.75 Å². The number of fused-ring (bicyclic) bond motifs is 1. The summed E-state index contributed by atoms with van der Waals surface area (Å²) in [5, 5.41) is 3.85. The first-order valence-electron chi connectivity index (χ1n) is 7.65. The highest BCUT2D eigenvalue weighted by molar-refractivity contribution is 7.15. The second-order valence-electron chi connectivity index (χ2n) is 5.43. The van der Waals surface area contributed by atoms with Crippen molar-refractivity contribution >= 4 is 51.7 Å². The van der Waals surface area contributed by atoms with E-state index in [1.54, 1.807) is 23.1 Å². The van der Waals surface area contributed by atoms with Crippen molar-refractivity contribution in [1.82, 2.24) is 9.88 Å². The van der Waals surface area contributed by atoms with Gasteiger partial charge >= 0.3 is 6.09 Å². The van der Waals surface area contributed by atoms with Crippen LogP contribution in [-0.2, 0) is 22.5 Å². The lowest BCUT2D eigenvalue weighted by atomic mass is 10.2. The van der Waals surface area contributed by atoms with Crippen LogP contribution in [0.3, 0.4) is 0 Å². The number of ether oxygens (including phenoxy) is 2. The fraction of sp³-hybridized carbons (Fsp3) is 0.312. The maximum atomic E-state index is 12.4. The molecule has 1 aromatic carbocycles. The molecule has 0 aliphatic carbocycles. The Bertz CT molecular complexity index is 843. The van der Waals surface area contributed by atoms with Gasteiger partial charge in [0.05, 0.1) is 24.4 Å². The predicted molar refractivity (Wildman–Crippen MR) is 99.2 cm³/mol. The van der Waals surface area contributed by atoms with Crippen molar-refractivity contribution in [1.29, 1.82) is 0 Å². The Morgan fingerprint density at radius 3 is 2.92 bits per heavy atom. The summed E-state index contributed by atoms with van der Waals surface area (Å²) in [4.78, 5) is 30.7. The Morgan fingerprint density at radius 2 is 2.19 bits per heavy atom. The van der Waals surface area contributed by atoms with E-state index in [0.717, 1.165) is 10.6 Å². The largest absolute Gasteiger partial charge is 0.482 e. The average Bonchev–Trinajstić information content (AvgIpc) is 3.01. The van der Waals surface area contributed by atoms with Crippen molar-refractivity contribution < 1.29 is 19.1 Å². The molecule has 10 heteroatoms. The number of amides is 2. The molecule has 1 N–H and O–H groups in total. The lowest BCUT2D eigenvalue weighted by molar-refractivity contribution is -0.134. The molecule has 0 saturated heterocycles. The Labute approximate surface area is 163 Å². The zero-order valence-electron chi connectivity index (χ0n) is 13.8. The molecule has 0 unspecified atom stereocenters. The van der Waals surface area contributed by atoms with Gasteiger partial charge in [0.2, 0.25) is 0 Å². The van der Waals surface area contributed by atoms with Crippen LogP contribution < -0.4 is 10.1 Å². The number of methoxy groups -OCH3 is 1. The van der Waals surface area contributed by atoms with E-state index in [4.69, 9.17) is 27.9 Å². The molecule has 0 radical (unpaired) electrons. The molecule has 0 saturated carbocycles. The van der Waals surface area contributed by atoms with Crippen LogP contribution >= 0.6 is 34.5 Å². The lowest BCUT2D eigenvalue weighted by Gasteiger charge is -2.26. The van der Waals surface area contributed by atoms with Crippen LogP contribution in [0.25, 0.3) is 0 Å². The van der Waals surface area contributed by atoms with Gasteiger partial charge in [0.25, 0.3) is 5.91 Å². The number of hydrogen-bond acceptors (Lipinski definition) is 6. The summed E-state index contributed by atoms with van der Waals surface area (Å²) in [5.74, 6) is 0.252. The molecule has 0 fully saturated rings. The van der Waals surface area contributed by atoms with Crippen LogP contribution in [0.4, 0.5) is 9.93 Å². The van der Waals surface area contributed by atoms with Gasteiger partial charge in [-0.15, -0.1) is 0 Å². The minimum absolute atomic E-state index is 0.122. The van der Waals surface area contributed by atoms with Crippen molar-refractivity contribution in [3.8, 4) is 5.75 Å². The molecule has 3 rings (SSSR count). The fourth-order valence-electron chi connectivity index (χ4n) is 2.42. The van der Waals surface area contributed by atoms with Crippen molar-refractivity contribution in [2.24, 2.45) is 0 Å². The van der Waals surface area contributed by atoms with E-state index in [9.17, 15) is 9.59 Å². The number of benzene rings is 1. The zero-order valence-corrected chi connectivity index (χ0v) is 16.1. The Kier molecular flexibility index (Phi) is 5.85. The first-order valence-corrected chi connectivity index (χ1v) is 9.22. The maximum Gasteiger partial charge on any atom is 0.413 e. The van der Waals surface area contributed by atoms with Crippen molar-refractivity contribution in [2.75, 3.05) is 25.6 Å². The van der Waals surface area contributed by atoms with Crippen LogP contribution in [0.2, 0.25) is 10.0 Å². The number of carbonyl (C=O) groups is 2. The summed E-state index contributed by atoms with van der Waals surface area (Å²) in [6.45, 7) is 0.833. The molecule has 138 valence electrons. The first kappa shape index (κ1) is 18.8. The van der Waals surface area contributed by atoms with Crippen LogP contribution in [0.5, 0.6) is 5.75 Å². The number of hydrogen-bond donors (Lipinski definition) is 1. The van der Waals surface area contributed by atoms with Gasteiger partial charge in [-0.3, -0.25) is 10.1 Å². The van der Waals surface area contributed by atoms with Gasteiger partial charge in [0, 0.05) is 22.9 Å². The smallest absolute Gasteiger partial charge is 0.413 e. The molecule has 1 aliphatic rings. The first-order chi connectivity index (χ1) is 12.5. The van der Waals surface area contributed by atoms with Gasteiger partial charge in [-0.2, -0.15) is 0 Å². The highest BCUT2D eigenvalue weighted by Gasteiger charge is 2.25. The fourth-order valence-corrected chi connectivity index (χ4v) is 3.90. The summed E-state index contributed by atoms with van der Waals surface area (Å²) < 4.78 is 10.1. The molecular weight excluding hydrogens is 401 g/mol. The number of anilines is 1. The van der Waals surface area contributed by atoms with E-state index in [2.05, 4.69) is 15.0 Å². The molecule has 1 aliphatic heterocycles. The third kappa shape index (κ3) is 4.38. The van der Waals surface area contributed by atoms with Gasteiger partial charge < -0.3 is 14.4 Å². The number of aromatic nitrogens is 1. The number of halogens is 2. The van der Waals surface area contributed by atoms with Gasteiger partial charge in [-0.05, 0) is 18.2 Å². The molecule has 2 heterocycles. The van der Waals surface area contributed by atoms with Crippen LogP contribution in [0.1, 0.15) is 10.6 Å². The molecule has 7 nitrogen and oxygen atoms in total. The zero-order chi connectivity index (χ0) is 18.7. The Hall–Kier alpha value is -2.03. The summed E-state index contributed by atoms with van der Waals surface area (Å²) in [7, 11) is 1.29. The van der Waals surface area contributed by atoms with Crippen LogP contribution in [0.15, 0.2) is 18.2 Å². The van der Waals surface area contributed by atoms with Crippen molar-refractivity contribution in [3.05, 3.63) is 38.8 Å². The van der Waals surface area contributed by atoms with E-state index in [0.29, 0.717) is 40.4 Å². The van der Waals surface area contributed by atoms with E-state index >= 15 is 0 Å². The Morgan fingerprint density at radius 1 is 1.38 bits per heavy atom. The molecule has 0 atom stereocenters. The molecule has 26 heavy (non-hydrogen) atoms. The lowest BCUT2D eigenvalue weighted by Crippen LogP contribution is -2.38. The quantitative estimate of drug-likeness (QED) is 0.824. The number of carbonyl (C=O) groups excluding carboxylic acids is 2. The molecule has 2 aromatic rings. The second-order valence-corrected chi connectivity index (χ2v) is 7.36. The van der Waals surface area contributed by atoms with E-state index in [1.807, 2.05) is 0 Å². The summed E-state index contributed by atoms with van der Waals surface area (Å²) in [6.07, 6.45) is 0.0413. The monoisotopic (exact) mass is 415 g/mol. The summed E-state index contributed by atoms with van der Waals surface area (Å²) in [5.41, 5.74) is 0.882. The van der Waals surface area contributed by atoms with Crippen LogP contribution in [-0.4, -0.2) is 42.1 Å². The minimum atomic E-state index is -0.572. The van der Waals surface area contributed by atoms with Crippen molar-refractivity contribution in [3.63, 3.8) is 0 Å². The standard InChI is InChI=1S/C16H15Cl2N3O4S/c1-24-16(23)20-15-19-11-4-5-21(7-13(11)26-15)14(22)8-25-12-3-2-9(17)6-10(12)18/h2-3,6H,4-5,7-8H2,1H3,(H,19,20,23). The number of nitrogens with one attached hydrogen (secondary N) is 1. The molecular formula is C16H15Cl2N3O4S. The number of nitrogens with zero attached hydrogens (tertiary/aromatic N) is 2. The summed E-state index contributed by atoms with van der Waals surface area (Å²) >= 11 is 13.2. The average molecular weight is 416 g/mol. The maximum absolute atomic E-state index is 12.4. The van der Waals surface area contributed by atoms with Gasteiger partial charge in [-0.25, -0.2) is 9.78 Å². The third-order valence-corrected chi connectivity index (χ3v) is 5.25. The predicted octanol–water partition coefficient (Wildman–Crippen LogP) is 3.59. The minimum Gasteiger partial charge on any atom is -0.482 e. The third-order valence-electron chi connectivity index (χ3n) is 3.72. The van der Waals surface area contributed by atoms with Crippen LogP contribution in [0, 0.1) is 0 Å². The van der Waals surface area contributed by atoms with Gasteiger partial charge in [-0.1, -0.05) is 34.5 Å². The molecule has 0 bridgehead atoms.